The fraction of sp³-hybridized carbons (Fsp3) is 0.367. The van der Waals surface area contributed by atoms with Crippen LogP contribution in [0.3, 0.4) is 0 Å². The molecule has 0 spiro atoms. The number of pyridine rings is 1. The second-order valence-electron chi connectivity index (χ2n) is 10.3. The number of likely N-dealkylation sites (N-methyl/N-ethyl adjacent to an activating group) is 1. The largest absolute Gasteiger partial charge is 0.341 e. The number of nitrogens with zero attached hydrogens (tertiary/aromatic N) is 4. The summed E-state index contributed by atoms with van der Waals surface area (Å²) in [6.45, 7) is 5.12. The Hall–Kier alpha value is -3.71. The lowest BCUT2D eigenvalue weighted by atomic mass is 9.99. The van der Waals surface area contributed by atoms with Crippen molar-refractivity contribution in [1.29, 1.82) is 5.26 Å². The van der Waals surface area contributed by atoms with E-state index in [4.69, 9.17) is 0 Å². The molecule has 1 fully saturated rings. The summed E-state index contributed by atoms with van der Waals surface area (Å²) in [4.78, 5) is 48.2. The Kier molecular flexibility index (Phi) is 9.98. The van der Waals surface area contributed by atoms with Crippen molar-refractivity contribution < 1.29 is 14.4 Å². The van der Waals surface area contributed by atoms with E-state index in [9.17, 15) is 19.6 Å². The van der Waals surface area contributed by atoms with Crippen molar-refractivity contribution in [3.8, 4) is 6.07 Å². The van der Waals surface area contributed by atoms with E-state index in [1.807, 2.05) is 30.5 Å². The molecule has 2 N–H and O–H groups in total. The van der Waals surface area contributed by atoms with Gasteiger partial charge in [-0.15, -0.1) is 24.8 Å². The van der Waals surface area contributed by atoms with Gasteiger partial charge in [-0.25, -0.2) is 0 Å². The van der Waals surface area contributed by atoms with Gasteiger partial charge in [0.15, 0.2) is 0 Å². The molecule has 2 heterocycles. The van der Waals surface area contributed by atoms with Gasteiger partial charge < -0.3 is 20.4 Å². The van der Waals surface area contributed by atoms with Gasteiger partial charge >= 0.3 is 0 Å². The van der Waals surface area contributed by atoms with E-state index in [0.29, 0.717) is 22.9 Å². The quantitative estimate of drug-likeness (QED) is 0.440. The van der Waals surface area contributed by atoms with Gasteiger partial charge in [0.25, 0.3) is 5.91 Å². The number of nitrogens with one attached hydrogen (secondary N) is 2. The fourth-order valence-electron chi connectivity index (χ4n) is 5.38. The molecule has 2 aliphatic rings. The third kappa shape index (κ3) is 6.01. The molecule has 0 saturated heterocycles. The van der Waals surface area contributed by atoms with E-state index in [2.05, 4.69) is 21.7 Å². The Morgan fingerprint density at radius 3 is 2.49 bits per heavy atom. The predicted molar refractivity (Wildman–Crippen MR) is 164 cm³/mol. The van der Waals surface area contributed by atoms with E-state index in [-0.39, 0.29) is 49.1 Å². The maximum absolute atomic E-state index is 14.4. The number of fused-ring (bicyclic) bond motifs is 2. The number of benzene rings is 2. The molecule has 1 aromatic heterocycles. The van der Waals surface area contributed by atoms with Crippen molar-refractivity contribution in [2.24, 2.45) is 0 Å². The van der Waals surface area contributed by atoms with Gasteiger partial charge in [-0.1, -0.05) is 18.2 Å². The van der Waals surface area contributed by atoms with Crippen LogP contribution in [0.25, 0.3) is 10.9 Å². The lowest BCUT2D eigenvalue weighted by Gasteiger charge is -2.32. The van der Waals surface area contributed by atoms with Crippen LogP contribution in [-0.4, -0.2) is 47.9 Å². The average molecular weight is 598 g/mol. The van der Waals surface area contributed by atoms with Crippen molar-refractivity contribution in [2.75, 3.05) is 16.8 Å². The van der Waals surface area contributed by atoms with Gasteiger partial charge in [-0.3, -0.25) is 19.4 Å². The maximum atomic E-state index is 14.4. The number of anilines is 2. The van der Waals surface area contributed by atoms with E-state index >= 15 is 0 Å². The van der Waals surface area contributed by atoms with Crippen LogP contribution in [0.5, 0.6) is 0 Å². The Labute approximate surface area is 252 Å². The maximum Gasteiger partial charge on any atom is 0.252 e. The van der Waals surface area contributed by atoms with Crippen molar-refractivity contribution in [1.82, 2.24) is 15.6 Å². The van der Waals surface area contributed by atoms with E-state index < -0.39 is 18.1 Å². The predicted octanol–water partition coefficient (Wildman–Crippen LogP) is 4.21. The van der Waals surface area contributed by atoms with Crippen LogP contribution in [0.15, 0.2) is 48.7 Å². The monoisotopic (exact) mass is 596 g/mol. The molecule has 1 aliphatic heterocycles. The summed E-state index contributed by atoms with van der Waals surface area (Å²) in [5.41, 5.74) is 4.31. The van der Waals surface area contributed by atoms with Gasteiger partial charge in [-0.05, 0) is 75.0 Å². The van der Waals surface area contributed by atoms with Crippen LogP contribution in [0.4, 0.5) is 11.4 Å². The highest BCUT2D eigenvalue weighted by atomic mass is 35.5. The molecule has 5 rings (SSSR count). The van der Waals surface area contributed by atoms with Gasteiger partial charge in [0, 0.05) is 18.5 Å². The third-order valence-corrected chi connectivity index (χ3v) is 7.79. The molecule has 2 aromatic carbocycles. The van der Waals surface area contributed by atoms with Crippen LogP contribution >= 0.6 is 24.8 Å². The lowest BCUT2D eigenvalue weighted by Crippen LogP contribution is -2.59. The molecular weight excluding hydrogens is 563 g/mol. The minimum absolute atomic E-state index is 0. The molecule has 1 saturated carbocycles. The summed E-state index contributed by atoms with van der Waals surface area (Å²) in [5, 5.41) is 16.4. The number of hydrogen-bond donors (Lipinski definition) is 2. The highest BCUT2D eigenvalue weighted by molar-refractivity contribution is 6.09. The zero-order valence-electron chi connectivity index (χ0n) is 23.4. The van der Waals surface area contributed by atoms with Crippen LogP contribution in [0.2, 0.25) is 0 Å². The molecule has 9 nitrogen and oxygen atoms in total. The molecule has 3 aromatic rings. The third-order valence-electron chi connectivity index (χ3n) is 7.79. The minimum Gasteiger partial charge on any atom is -0.341 e. The molecule has 3 atom stereocenters. The van der Waals surface area contributed by atoms with E-state index in [1.54, 1.807) is 44.0 Å². The number of para-hydroxylation sites is 1. The standard InChI is InChI=1S/C30H32N6O3.2ClH/c1-17(32-4)29(38)34-28-18(2)36(19(3)37)27-13-20(14-31)9-12-26(27)35(30(28)39)16-24-22-7-5-6-8-25(22)33-15-23(24)21-10-11-21;;/h5-9,12-13,15,17-18,21,28,32H,10-11,16H2,1-4H3,(H,34,38);2*1H/t17-,18-,28-;;/m0../s1. The van der Waals surface area contributed by atoms with E-state index in [0.717, 1.165) is 34.9 Å². The SMILES string of the molecule is CN[C@@H](C)C(=O)N[C@@H]1C(=O)N(Cc2c(C3CC3)cnc3ccccc23)c2ccc(C#N)cc2N(C(C)=O)[C@H]1C.Cl.Cl. The van der Waals surface area contributed by atoms with Crippen LogP contribution in [0, 0.1) is 11.3 Å². The van der Waals surface area contributed by atoms with E-state index in [1.165, 1.54) is 11.8 Å². The molecular formula is C30H34Cl2N6O3. The summed E-state index contributed by atoms with van der Waals surface area (Å²) in [6, 6.07) is 12.8. The topological polar surface area (TPSA) is 118 Å². The lowest BCUT2D eigenvalue weighted by molar-refractivity contribution is -0.129. The van der Waals surface area contributed by atoms with Crippen molar-refractivity contribution in [2.45, 2.75) is 64.2 Å². The van der Waals surface area contributed by atoms with Gasteiger partial charge in [0.2, 0.25) is 11.8 Å². The first-order valence-electron chi connectivity index (χ1n) is 13.2. The number of hydrogen-bond acceptors (Lipinski definition) is 6. The van der Waals surface area contributed by atoms with Gasteiger partial charge in [0.05, 0.1) is 47.2 Å². The van der Waals surface area contributed by atoms with Crippen LogP contribution in [0.1, 0.15) is 56.2 Å². The van der Waals surface area contributed by atoms with Crippen molar-refractivity contribution in [3.63, 3.8) is 0 Å². The van der Waals surface area contributed by atoms with Gasteiger partial charge in [-0.2, -0.15) is 5.26 Å². The number of amides is 3. The number of carbonyl (C=O) groups excluding carboxylic acids is 3. The molecule has 0 bridgehead atoms. The summed E-state index contributed by atoms with van der Waals surface area (Å²) in [5.74, 6) is -0.568. The Morgan fingerprint density at radius 1 is 1.15 bits per heavy atom. The number of rotatable bonds is 6. The average Bonchev–Trinajstić information content (AvgIpc) is 3.79. The zero-order chi connectivity index (χ0) is 27.8. The first-order chi connectivity index (χ1) is 18.7. The highest BCUT2D eigenvalue weighted by Crippen LogP contribution is 2.44. The smallest absolute Gasteiger partial charge is 0.252 e. The second-order valence-corrected chi connectivity index (χ2v) is 10.3. The number of nitriles is 1. The first-order valence-corrected chi connectivity index (χ1v) is 13.2. The summed E-state index contributed by atoms with van der Waals surface area (Å²) in [7, 11) is 1.67. The first kappa shape index (κ1) is 31.8. The Bertz CT molecular complexity index is 1520. The molecule has 41 heavy (non-hydrogen) atoms. The molecule has 1 aliphatic carbocycles. The summed E-state index contributed by atoms with van der Waals surface area (Å²) >= 11 is 0. The number of aromatic nitrogens is 1. The zero-order valence-corrected chi connectivity index (χ0v) is 25.0. The van der Waals surface area contributed by atoms with Crippen LogP contribution < -0.4 is 20.4 Å². The normalized spacial score (nSPS) is 18.8. The molecule has 3 amide bonds. The molecule has 216 valence electrons. The second kappa shape index (κ2) is 12.9. The highest BCUT2D eigenvalue weighted by Gasteiger charge is 2.42. The van der Waals surface area contributed by atoms with Crippen molar-refractivity contribution >= 4 is 64.8 Å². The Morgan fingerprint density at radius 2 is 1.85 bits per heavy atom. The molecule has 0 unspecified atom stereocenters. The number of halogens is 2. The molecule has 11 heteroatoms. The Balaban J connectivity index is 0.00000231. The number of carbonyl (C=O) groups is 3. The van der Waals surface area contributed by atoms with Crippen molar-refractivity contribution in [3.05, 3.63) is 65.4 Å². The molecule has 0 radical (unpaired) electrons. The summed E-state index contributed by atoms with van der Waals surface area (Å²) < 4.78 is 0. The fourth-order valence-corrected chi connectivity index (χ4v) is 5.38. The minimum atomic E-state index is -1.01. The van der Waals surface area contributed by atoms with Gasteiger partial charge in [0.1, 0.15) is 6.04 Å². The summed E-state index contributed by atoms with van der Waals surface area (Å²) in [6.07, 6.45) is 4.05. The van der Waals surface area contributed by atoms with Crippen LogP contribution in [-0.2, 0) is 20.9 Å².